The number of carbonyl (C=O) groups is 1. The van der Waals surface area contributed by atoms with Crippen LogP contribution in [0, 0.1) is 6.92 Å². The summed E-state index contributed by atoms with van der Waals surface area (Å²) in [4.78, 5) is 35.3. The van der Waals surface area contributed by atoms with Crippen molar-refractivity contribution in [3.63, 3.8) is 0 Å². The molecule has 0 radical (unpaired) electrons. The molecule has 0 saturated heterocycles. The molecule has 0 spiro atoms. The minimum absolute atomic E-state index is 0.135. The number of benzene rings is 1. The smallest absolute Gasteiger partial charge is 0.348 e. The lowest BCUT2D eigenvalue weighted by molar-refractivity contribution is 0.0531. The van der Waals surface area contributed by atoms with Crippen LogP contribution in [0.1, 0.15) is 40.9 Å². The van der Waals surface area contributed by atoms with Gasteiger partial charge in [0.1, 0.15) is 27.9 Å². The zero-order chi connectivity index (χ0) is 21.8. The summed E-state index contributed by atoms with van der Waals surface area (Å²) >= 11 is 4.59. The molecule has 3 aromatic rings. The highest BCUT2D eigenvalue weighted by atomic mass is 79.9. The van der Waals surface area contributed by atoms with Gasteiger partial charge in [-0.15, -0.1) is 11.3 Å². The molecule has 0 saturated carbocycles. The van der Waals surface area contributed by atoms with Crippen LogP contribution in [0.15, 0.2) is 33.5 Å². The van der Waals surface area contributed by atoms with Gasteiger partial charge in [0, 0.05) is 11.0 Å². The summed E-state index contributed by atoms with van der Waals surface area (Å²) in [6.07, 6.45) is 0. The number of halogens is 1. The Hall–Kier alpha value is -2.23. The number of esters is 1. The minimum atomic E-state index is -0.422. The number of ether oxygens (including phenoxy) is 2. The molecule has 2 heterocycles. The molecule has 1 atom stereocenters. The van der Waals surface area contributed by atoms with E-state index in [1.807, 2.05) is 38.2 Å². The van der Waals surface area contributed by atoms with Crippen LogP contribution < -0.4 is 10.3 Å². The van der Waals surface area contributed by atoms with Crippen molar-refractivity contribution in [2.45, 2.75) is 26.8 Å². The van der Waals surface area contributed by atoms with Gasteiger partial charge in [-0.05, 0) is 57.6 Å². The lowest BCUT2D eigenvalue weighted by Crippen LogP contribution is -2.29. The molecule has 2 aromatic heterocycles. The molecule has 0 aliphatic carbocycles. The molecular formula is C21H24BrN3O4S. The first-order valence-corrected chi connectivity index (χ1v) is 11.2. The lowest BCUT2D eigenvalue weighted by Gasteiger charge is -2.23. The van der Waals surface area contributed by atoms with Crippen molar-refractivity contribution < 1.29 is 14.3 Å². The summed E-state index contributed by atoms with van der Waals surface area (Å²) in [5.41, 5.74) is 0.364. The summed E-state index contributed by atoms with van der Waals surface area (Å²) in [7, 11) is 1.95. The fraction of sp³-hybridized carbons (Fsp3) is 0.381. The average Bonchev–Trinajstić information content (AvgIpc) is 3.06. The predicted molar refractivity (Wildman–Crippen MR) is 122 cm³/mol. The number of aryl methyl sites for hydroxylation is 1. The molecule has 1 aromatic carbocycles. The molecule has 0 bridgehead atoms. The molecule has 0 fully saturated rings. The van der Waals surface area contributed by atoms with Crippen molar-refractivity contribution in [3.8, 4) is 5.75 Å². The standard InChI is InChI=1S/C21H24BrN3O4S/c1-5-28-21(27)17-12(2)16-19(26)23-18(24-20(16)30-17)13(3)25(4)10-11-29-15-8-6-14(22)7-9-15/h6-9,13H,5,10-11H2,1-4H3,(H,23,24,26). The van der Waals surface area contributed by atoms with E-state index in [1.54, 1.807) is 13.8 Å². The fourth-order valence-electron chi connectivity index (χ4n) is 2.99. The summed E-state index contributed by atoms with van der Waals surface area (Å²) < 4.78 is 11.9. The summed E-state index contributed by atoms with van der Waals surface area (Å²) in [5.74, 6) is 0.928. The quantitative estimate of drug-likeness (QED) is 0.470. The number of carbonyl (C=O) groups excluding carboxylic acids is 1. The van der Waals surface area contributed by atoms with Crippen molar-refractivity contribution in [1.82, 2.24) is 14.9 Å². The first-order chi connectivity index (χ1) is 14.3. The van der Waals surface area contributed by atoms with E-state index in [-0.39, 0.29) is 18.2 Å². The maximum Gasteiger partial charge on any atom is 0.348 e. The van der Waals surface area contributed by atoms with Crippen LogP contribution in [-0.4, -0.2) is 47.6 Å². The van der Waals surface area contributed by atoms with Crippen LogP contribution in [-0.2, 0) is 4.74 Å². The van der Waals surface area contributed by atoms with Gasteiger partial charge in [-0.1, -0.05) is 15.9 Å². The summed E-state index contributed by atoms with van der Waals surface area (Å²) in [6, 6.07) is 7.53. The molecular weight excluding hydrogens is 470 g/mol. The Bertz CT molecular complexity index is 1090. The average molecular weight is 494 g/mol. The second-order valence-electron chi connectivity index (χ2n) is 6.87. The highest BCUT2D eigenvalue weighted by Gasteiger charge is 2.22. The monoisotopic (exact) mass is 493 g/mol. The van der Waals surface area contributed by atoms with Crippen LogP contribution in [0.5, 0.6) is 5.75 Å². The molecule has 1 unspecified atom stereocenters. The predicted octanol–water partition coefficient (Wildman–Crippen LogP) is 4.30. The largest absolute Gasteiger partial charge is 0.492 e. The molecule has 7 nitrogen and oxygen atoms in total. The van der Waals surface area contributed by atoms with E-state index in [9.17, 15) is 9.59 Å². The molecule has 0 aliphatic rings. The third kappa shape index (κ3) is 4.91. The molecule has 3 rings (SSSR count). The number of aromatic amines is 1. The Kier molecular flexibility index (Phi) is 7.27. The van der Waals surface area contributed by atoms with E-state index >= 15 is 0 Å². The number of fused-ring (bicyclic) bond motifs is 1. The van der Waals surface area contributed by atoms with Gasteiger partial charge in [0.15, 0.2) is 0 Å². The Labute approximate surface area is 187 Å². The molecule has 1 N–H and O–H groups in total. The van der Waals surface area contributed by atoms with Gasteiger partial charge in [-0.2, -0.15) is 0 Å². The number of thiophene rings is 1. The Morgan fingerprint density at radius 3 is 2.70 bits per heavy atom. The highest BCUT2D eigenvalue weighted by Crippen LogP contribution is 2.28. The van der Waals surface area contributed by atoms with Gasteiger partial charge in [0.05, 0.1) is 18.0 Å². The third-order valence-electron chi connectivity index (χ3n) is 4.86. The minimum Gasteiger partial charge on any atom is -0.492 e. The topological polar surface area (TPSA) is 84.5 Å². The first kappa shape index (κ1) is 22.5. The van der Waals surface area contributed by atoms with Crippen molar-refractivity contribution in [2.24, 2.45) is 0 Å². The number of H-pyrrole nitrogens is 1. The summed E-state index contributed by atoms with van der Waals surface area (Å²) in [5, 5.41) is 0.445. The van der Waals surface area contributed by atoms with Crippen LogP contribution >= 0.6 is 27.3 Å². The van der Waals surface area contributed by atoms with Crippen LogP contribution in [0.3, 0.4) is 0 Å². The van der Waals surface area contributed by atoms with Crippen LogP contribution in [0.2, 0.25) is 0 Å². The van der Waals surface area contributed by atoms with Gasteiger partial charge in [0.2, 0.25) is 0 Å². The van der Waals surface area contributed by atoms with Crippen molar-refractivity contribution >= 4 is 43.5 Å². The Morgan fingerprint density at radius 1 is 1.33 bits per heavy atom. The first-order valence-electron chi connectivity index (χ1n) is 9.60. The highest BCUT2D eigenvalue weighted by molar-refractivity contribution is 9.10. The van der Waals surface area contributed by atoms with Gasteiger partial charge >= 0.3 is 5.97 Å². The van der Waals surface area contributed by atoms with E-state index in [0.29, 0.717) is 39.6 Å². The zero-order valence-corrected chi connectivity index (χ0v) is 19.7. The molecule has 160 valence electrons. The number of nitrogens with zero attached hydrogens (tertiary/aromatic N) is 2. The van der Waals surface area contributed by atoms with Gasteiger partial charge in [0.25, 0.3) is 5.56 Å². The Morgan fingerprint density at radius 2 is 2.03 bits per heavy atom. The number of nitrogens with one attached hydrogen (secondary N) is 1. The van der Waals surface area contributed by atoms with E-state index < -0.39 is 5.97 Å². The van der Waals surface area contributed by atoms with Gasteiger partial charge in [-0.25, -0.2) is 9.78 Å². The number of rotatable bonds is 8. The van der Waals surface area contributed by atoms with Gasteiger partial charge in [-0.3, -0.25) is 9.69 Å². The maximum absolute atomic E-state index is 12.7. The van der Waals surface area contributed by atoms with Crippen molar-refractivity contribution in [2.75, 3.05) is 26.8 Å². The number of hydrogen-bond acceptors (Lipinski definition) is 7. The normalized spacial score (nSPS) is 12.3. The number of aromatic nitrogens is 2. The Balaban J connectivity index is 1.73. The van der Waals surface area contributed by atoms with E-state index in [0.717, 1.165) is 10.2 Å². The summed E-state index contributed by atoms with van der Waals surface area (Å²) in [6.45, 7) is 6.90. The second-order valence-corrected chi connectivity index (χ2v) is 8.78. The molecule has 9 heteroatoms. The number of likely N-dealkylation sites (N-methyl/N-ethyl adjacent to an activating group) is 1. The molecule has 0 aliphatic heterocycles. The van der Waals surface area contributed by atoms with E-state index in [1.165, 1.54) is 11.3 Å². The van der Waals surface area contributed by atoms with Crippen LogP contribution in [0.25, 0.3) is 10.2 Å². The fourth-order valence-corrected chi connectivity index (χ4v) is 4.34. The van der Waals surface area contributed by atoms with Crippen LogP contribution in [0.4, 0.5) is 0 Å². The SMILES string of the molecule is CCOC(=O)c1sc2nc(C(C)N(C)CCOc3ccc(Br)cc3)[nH]c(=O)c2c1C. The maximum atomic E-state index is 12.7. The van der Waals surface area contributed by atoms with Crippen molar-refractivity contribution in [1.29, 1.82) is 0 Å². The molecule has 30 heavy (non-hydrogen) atoms. The third-order valence-corrected chi connectivity index (χ3v) is 6.56. The van der Waals surface area contributed by atoms with E-state index in [4.69, 9.17) is 9.47 Å². The van der Waals surface area contributed by atoms with Crippen molar-refractivity contribution in [3.05, 3.63) is 55.4 Å². The zero-order valence-electron chi connectivity index (χ0n) is 17.3. The lowest BCUT2D eigenvalue weighted by atomic mass is 10.2. The van der Waals surface area contributed by atoms with Gasteiger partial charge < -0.3 is 14.5 Å². The second kappa shape index (κ2) is 9.72. The molecule has 0 amide bonds. The van der Waals surface area contributed by atoms with E-state index in [2.05, 4.69) is 30.8 Å². The number of hydrogen-bond donors (Lipinski definition) is 1.